The molecule has 9 heteroatoms. The zero-order chi connectivity index (χ0) is 31.3. The Labute approximate surface area is 262 Å². The Morgan fingerprint density at radius 2 is 1.80 bits per heavy atom. The largest absolute Gasteiger partial charge is 0.497 e. The minimum atomic E-state index is -0.448. The van der Waals surface area contributed by atoms with Crippen LogP contribution in [0, 0.1) is 11.8 Å². The summed E-state index contributed by atoms with van der Waals surface area (Å²) in [6.45, 7) is 12.8. The highest BCUT2D eigenvalue weighted by molar-refractivity contribution is 5.86. The van der Waals surface area contributed by atoms with E-state index in [4.69, 9.17) is 19.2 Å². The highest BCUT2D eigenvalue weighted by atomic mass is 16.6. The first kappa shape index (κ1) is 33.1. The second-order valence-electron chi connectivity index (χ2n) is 11.9. The van der Waals surface area contributed by atoms with E-state index in [1.165, 1.54) is 32.4 Å². The van der Waals surface area contributed by atoms with Crippen LogP contribution in [0.2, 0.25) is 0 Å². The lowest BCUT2D eigenvalue weighted by molar-refractivity contribution is 0.0402. The summed E-state index contributed by atoms with van der Waals surface area (Å²) in [5, 5.41) is 3.28. The summed E-state index contributed by atoms with van der Waals surface area (Å²) in [6.07, 6.45) is 6.83. The first-order chi connectivity index (χ1) is 21.4. The SMILES string of the molecule is CCC(C)C(OC(=O)N(Cc1cccc(OC)c1)c1ccnc(Nc2cccc(OCCCN3CCCCC3)c2)n1)C(C)C. The van der Waals surface area contributed by atoms with Gasteiger partial charge in [0.25, 0.3) is 0 Å². The molecule has 2 heterocycles. The number of rotatable bonds is 15. The molecule has 1 fully saturated rings. The Balaban J connectivity index is 1.47. The van der Waals surface area contributed by atoms with E-state index in [2.05, 4.69) is 42.9 Å². The number of hydrogen-bond donors (Lipinski definition) is 1. The third-order valence-corrected chi connectivity index (χ3v) is 8.14. The molecular weight excluding hydrogens is 554 g/mol. The predicted molar refractivity (Wildman–Crippen MR) is 176 cm³/mol. The Hall–Kier alpha value is -3.85. The standard InChI is InChI=1S/C35H49N5O4/c1-6-27(4)33(26(2)3)44-35(41)40(25-28-13-10-15-30(23-28)42-5)32-17-18-36-34(38-32)37-29-14-11-16-31(24-29)43-22-12-21-39-19-8-7-9-20-39/h10-11,13-18,23-24,26-27,33H,6-9,12,19-22,25H2,1-5H3,(H,36,37,38). The maximum absolute atomic E-state index is 13.8. The number of carbonyl (C=O) groups is 1. The maximum atomic E-state index is 13.8. The van der Waals surface area contributed by atoms with Gasteiger partial charge in [0.2, 0.25) is 5.95 Å². The van der Waals surface area contributed by atoms with Crippen LogP contribution in [0.3, 0.4) is 0 Å². The smallest absolute Gasteiger partial charge is 0.416 e. The van der Waals surface area contributed by atoms with Gasteiger partial charge in [0.1, 0.15) is 23.4 Å². The summed E-state index contributed by atoms with van der Waals surface area (Å²) in [4.78, 5) is 27.0. The van der Waals surface area contributed by atoms with Gasteiger partial charge in [0.05, 0.1) is 20.3 Å². The van der Waals surface area contributed by atoms with Gasteiger partial charge in [-0.3, -0.25) is 4.90 Å². The van der Waals surface area contributed by atoms with E-state index in [0.717, 1.165) is 36.4 Å². The number of anilines is 3. The van der Waals surface area contributed by atoms with E-state index in [0.29, 0.717) is 24.1 Å². The topological polar surface area (TPSA) is 89.0 Å². The summed E-state index contributed by atoms with van der Waals surface area (Å²) in [6, 6.07) is 17.2. The lowest BCUT2D eigenvalue weighted by Gasteiger charge is -2.30. The second kappa shape index (κ2) is 16.9. The third kappa shape index (κ3) is 9.84. The van der Waals surface area contributed by atoms with Crippen LogP contribution in [-0.2, 0) is 11.3 Å². The molecule has 9 nitrogen and oxygen atoms in total. The van der Waals surface area contributed by atoms with Crippen LogP contribution >= 0.6 is 0 Å². The fraction of sp³-hybridized carbons (Fsp3) is 0.514. The van der Waals surface area contributed by atoms with Gasteiger partial charge < -0.3 is 24.4 Å². The van der Waals surface area contributed by atoms with Crippen LogP contribution in [0.1, 0.15) is 65.4 Å². The average molecular weight is 604 g/mol. The number of amides is 1. The average Bonchev–Trinajstić information content (AvgIpc) is 3.04. The van der Waals surface area contributed by atoms with Crippen LogP contribution in [0.15, 0.2) is 60.8 Å². The molecule has 0 aliphatic carbocycles. The molecule has 0 spiro atoms. The van der Waals surface area contributed by atoms with Crippen molar-refractivity contribution >= 4 is 23.5 Å². The van der Waals surface area contributed by atoms with Crippen LogP contribution < -0.4 is 19.7 Å². The van der Waals surface area contributed by atoms with E-state index in [9.17, 15) is 4.79 Å². The number of nitrogens with one attached hydrogen (secondary N) is 1. The minimum Gasteiger partial charge on any atom is -0.497 e. The Morgan fingerprint density at radius 1 is 1.02 bits per heavy atom. The van der Waals surface area contributed by atoms with E-state index in [-0.39, 0.29) is 24.5 Å². The molecule has 1 aliphatic rings. The van der Waals surface area contributed by atoms with Crippen molar-refractivity contribution in [2.75, 3.05) is 43.6 Å². The molecule has 0 bridgehead atoms. The van der Waals surface area contributed by atoms with Crippen molar-refractivity contribution in [1.29, 1.82) is 0 Å². The van der Waals surface area contributed by atoms with Crippen LogP contribution in [0.25, 0.3) is 0 Å². The second-order valence-corrected chi connectivity index (χ2v) is 11.9. The summed E-state index contributed by atoms with van der Waals surface area (Å²) in [5.74, 6) is 2.71. The summed E-state index contributed by atoms with van der Waals surface area (Å²) >= 11 is 0. The molecule has 1 aliphatic heterocycles. The quantitative estimate of drug-likeness (QED) is 0.177. The highest BCUT2D eigenvalue weighted by Crippen LogP contribution is 2.26. The lowest BCUT2D eigenvalue weighted by Crippen LogP contribution is -2.38. The maximum Gasteiger partial charge on any atom is 0.416 e. The number of hydrogen-bond acceptors (Lipinski definition) is 8. The number of likely N-dealkylation sites (tertiary alicyclic amines) is 1. The fourth-order valence-corrected chi connectivity index (χ4v) is 5.53. The first-order valence-corrected chi connectivity index (χ1v) is 16.0. The molecule has 2 unspecified atom stereocenters. The van der Waals surface area contributed by atoms with Crippen LogP contribution in [-0.4, -0.2) is 60.4 Å². The summed E-state index contributed by atoms with van der Waals surface area (Å²) in [7, 11) is 1.63. The van der Waals surface area contributed by atoms with E-state index in [1.807, 2.05) is 48.5 Å². The molecule has 238 valence electrons. The van der Waals surface area contributed by atoms with E-state index < -0.39 is 6.09 Å². The Bertz CT molecular complexity index is 1310. The van der Waals surface area contributed by atoms with Gasteiger partial charge in [0.15, 0.2) is 0 Å². The number of benzene rings is 2. The monoisotopic (exact) mass is 603 g/mol. The van der Waals surface area contributed by atoms with Crippen molar-refractivity contribution in [1.82, 2.24) is 14.9 Å². The predicted octanol–water partition coefficient (Wildman–Crippen LogP) is 7.70. The molecule has 1 amide bonds. The number of carbonyl (C=O) groups excluding carboxylic acids is 1. The first-order valence-electron chi connectivity index (χ1n) is 16.0. The number of ether oxygens (including phenoxy) is 3. The minimum absolute atomic E-state index is 0.175. The van der Waals surface area contributed by atoms with Gasteiger partial charge in [-0.2, -0.15) is 4.98 Å². The molecular formula is C35H49N5O4. The van der Waals surface area contributed by atoms with Crippen LogP contribution in [0.5, 0.6) is 11.5 Å². The van der Waals surface area contributed by atoms with Crippen molar-refractivity contribution in [3.8, 4) is 11.5 Å². The molecule has 44 heavy (non-hydrogen) atoms. The van der Waals surface area contributed by atoms with Crippen molar-refractivity contribution in [3.05, 3.63) is 66.4 Å². The highest BCUT2D eigenvalue weighted by Gasteiger charge is 2.28. The summed E-state index contributed by atoms with van der Waals surface area (Å²) < 4.78 is 17.6. The van der Waals surface area contributed by atoms with Gasteiger partial charge in [-0.05, 0) is 80.1 Å². The van der Waals surface area contributed by atoms with Crippen molar-refractivity contribution in [3.63, 3.8) is 0 Å². The Morgan fingerprint density at radius 3 is 2.55 bits per heavy atom. The van der Waals surface area contributed by atoms with Gasteiger partial charge >= 0.3 is 6.09 Å². The molecule has 3 aromatic rings. The number of nitrogens with zero attached hydrogens (tertiary/aromatic N) is 4. The zero-order valence-electron chi connectivity index (χ0n) is 27.0. The third-order valence-electron chi connectivity index (χ3n) is 8.14. The van der Waals surface area contributed by atoms with Gasteiger partial charge in [-0.15, -0.1) is 0 Å². The van der Waals surface area contributed by atoms with Crippen molar-refractivity contribution < 1.29 is 19.0 Å². The van der Waals surface area contributed by atoms with Gasteiger partial charge in [0, 0.05) is 24.5 Å². The molecule has 1 N–H and O–H groups in total. The number of aromatic nitrogens is 2. The van der Waals surface area contributed by atoms with Gasteiger partial charge in [-0.25, -0.2) is 9.78 Å². The lowest BCUT2D eigenvalue weighted by atomic mass is 9.93. The van der Waals surface area contributed by atoms with Crippen molar-refractivity contribution in [2.24, 2.45) is 11.8 Å². The van der Waals surface area contributed by atoms with Crippen LogP contribution in [0.4, 0.5) is 22.2 Å². The molecule has 4 rings (SSSR count). The molecule has 0 saturated carbocycles. The number of methoxy groups -OCH3 is 1. The fourth-order valence-electron chi connectivity index (χ4n) is 5.53. The van der Waals surface area contributed by atoms with E-state index in [1.54, 1.807) is 24.3 Å². The summed E-state index contributed by atoms with van der Waals surface area (Å²) in [5.41, 5.74) is 1.69. The van der Waals surface area contributed by atoms with E-state index >= 15 is 0 Å². The molecule has 1 saturated heterocycles. The molecule has 2 aromatic carbocycles. The number of piperidine rings is 1. The van der Waals surface area contributed by atoms with Crippen molar-refractivity contribution in [2.45, 2.75) is 72.4 Å². The molecule has 1 aromatic heterocycles. The van der Waals surface area contributed by atoms with Gasteiger partial charge in [-0.1, -0.05) is 58.7 Å². The molecule has 2 atom stereocenters. The normalized spacial score (nSPS) is 15.0. The molecule has 0 radical (unpaired) electrons. The zero-order valence-corrected chi connectivity index (χ0v) is 27.0. The Kier molecular flexibility index (Phi) is 12.7.